The van der Waals surface area contributed by atoms with Crippen LogP contribution >= 0.6 is 24.2 Å². The first-order valence-electron chi connectivity index (χ1n) is 3.15. The van der Waals surface area contributed by atoms with Crippen LogP contribution in [0.3, 0.4) is 0 Å². The van der Waals surface area contributed by atoms with Crippen LogP contribution in [0.4, 0.5) is 0 Å². The lowest BCUT2D eigenvalue weighted by atomic mass is 10.3. The van der Waals surface area contributed by atoms with Gasteiger partial charge in [-0.25, -0.2) is 0 Å². The maximum atomic E-state index is 3.25. The summed E-state index contributed by atoms with van der Waals surface area (Å²) in [5, 5.41) is 4.97. The van der Waals surface area contributed by atoms with E-state index < -0.39 is 0 Å². The number of thioether (sulfide) groups is 1. The third kappa shape index (κ3) is 3.33. The van der Waals surface area contributed by atoms with E-state index in [1.165, 1.54) is 13.1 Å². The van der Waals surface area contributed by atoms with Gasteiger partial charge < -0.3 is 5.32 Å². The fourth-order valence-electron chi connectivity index (χ4n) is 0.743. The molecule has 0 radical (unpaired) electrons. The van der Waals surface area contributed by atoms with Crippen molar-refractivity contribution in [3.63, 3.8) is 0 Å². The van der Waals surface area contributed by atoms with Crippen LogP contribution in [0.2, 0.25) is 0 Å². The Kier molecular flexibility index (Phi) is 4.72. The number of nitrogens with one attached hydrogen (secondary N) is 1. The van der Waals surface area contributed by atoms with Crippen molar-refractivity contribution < 1.29 is 0 Å². The second-order valence-electron chi connectivity index (χ2n) is 2.47. The molecular formula is C6H14ClNS. The number of rotatable bonds is 2. The highest BCUT2D eigenvalue weighted by molar-refractivity contribution is 8.00. The Hall–Kier alpha value is 0.600. The molecule has 1 fully saturated rings. The van der Waals surface area contributed by atoms with Gasteiger partial charge in [-0.05, 0) is 5.25 Å². The fourth-order valence-corrected chi connectivity index (χ4v) is 1.94. The zero-order chi connectivity index (χ0) is 5.98. The topological polar surface area (TPSA) is 12.0 Å². The molecule has 0 unspecified atom stereocenters. The molecule has 1 heterocycles. The molecule has 0 aromatic heterocycles. The maximum Gasteiger partial charge on any atom is 0.0299 e. The molecule has 3 heteroatoms. The predicted octanol–water partition coefficient (Wildman–Crippen LogP) is 1.52. The van der Waals surface area contributed by atoms with E-state index in [0.717, 1.165) is 10.5 Å². The Morgan fingerprint density at radius 2 is 2.00 bits per heavy atom. The van der Waals surface area contributed by atoms with Crippen LogP contribution in [-0.2, 0) is 0 Å². The summed E-state index contributed by atoms with van der Waals surface area (Å²) in [5.41, 5.74) is 0. The smallest absolute Gasteiger partial charge is 0.0299 e. The molecule has 1 saturated heterocycles. The molecule has 0 aromatic rings. The van der Waals surface area contributed by atoms with Crippen molar-refractivity contribution in [1.82, 2.24) is 5.32 Å². The van der Waals surface area contributed by atoms with Crippen molar-refractivity contribution in [3.05, 3.63) is 0 Å². The molecule has 9 heavy (non-hydrogen) atoms. The number of hydrogen-bond donors (Lipinski definition) is 1. The van der Waals surface area contributed by atoms with E-state index in [1.807, 2.05) is 0 Å². The van der Waals surface area contributed by atoms with Gasteiger partial charge in [0.05, 0.1) is 0 Å². The molecule has 0 spiro atoms. The fraction of sp³-hybridized carbons (Fsp3) is 1.00. The minimum Gasteiger partial charge on any atom is -0.314 e. The molecule has 1 aliphatic rings. The normalized spacial score (nSPS) is 19.0. The monoisotopic (exact) mass is 167 g/mol. The second-order valence-corrected chi connectivity index (χ2v) is 4.35. The van der Waals surface area contributed by atoms with Gasteiger partial charge in [0, 0.05) is 18.3 Å². The summed E-state index contributed by atoms with van der Waals surface area (Å²) in [6.07, 6.45) is 0. The molecule has 0 bridgehead atoms. The first-order chi connectivity index (χ1) is 3.79. The standard InChI is InChI=1S/C6H13NS.ClH/c1-5(2)8-6-3-7-4-6;/h5-7H,3-4H2,1-2H3;1H. The van der Waals surface area contributed by atoms with Crippen molar-refractivity contribution in [1.29, 1.82) is 0 Å². The molecule has 0 amide bonds. The van der Waals surface area contributed by atoms with Gasteiger partial charge in [0.2, 0.25) is 0 Å². The van der Waals surface area contributed by atoms with Gasteiger partial charge in [0.25, 0.3) is 0 Å². The molecule has 1 rings (SSSR count). The molecule has 0 aromatic carbocycles. The first kappa shape index (κ1) is 9.60. The van der Waals surface area contributed by atoms with Crippen LogP contribution in [0, 0.1) is 0 Å². The van der Waals surface area contributed by atoms with E-state index >= 15 is 0 Å². The highest BCUT2D eigenvalue weighted by Crippen LogP contribution is 2.19. The summed E-state index contributed by atoms with van der Waals surface area (Å²) in [6.45, 7) is 6.96. The highest BCUT2D eigenvalue weighted by Gasteiger charge is 2.17. The summed E-state index contributed by atoms with van der Waals surface area (Å²) in [7, 11) is 0. The molecule has 1 nitrogen and oxygen atoms in total. The largest absolute Gasteiger partial charge is 0.314 e. The molecule has 1 aliphatic heterocycles. The average Bonchev–Trinajstić information content (AvgIpc) is 1.55. The summed E-state index contributed by atoms with van der Waals surface area (Å²) >= 11 is 2.08. The van der Waals surface area contributed by atoms with Gasteiger partial charge in [-0.3, -0.25) is 0 Å². The van der Waals surface area contributed by atoms with E-state index in [0.29, 0.717) is 0 Å². The van der Waals surface area contributed by atoms with E-state index in [2.05, 4.69) is 30.9 Å². The Balaban J connectivity index is 0.000000640. The van der Waals surface area contributed by atoms with Crippen LogP contribution in [0.5, 0.6) is 0 Å². The number of halogens is 1. The highest BCUT2D eigenvalue weighted by atomic mass is 35.5. The van der Waals surface area contributed by atoms with Gasteiger partial charge in [-0.15, -0.1) is 12.4 Å². The minimum absolute atomic E-state index is 0. The Morgan fingerprint density at radius 1 is 1.44 bits per heavy atom. The lowest BCUT2D eigenvalue weighted by molar-refractivity contribution is 0.542. The first-order valence-corrected chi connectivity index (χ1v) is 4.09. The van der Waals surface area contributed by atoms with Crippen LogP contribution in [-0.4, -0.2) is 23.6 Å². The van der Waals surface area contributed by atoms with E-state index in [9.17, 15) is 0 Å². The van der Waals surface area contributed by atoms with Gasteiger partial charge in [0.15, 0.2) is 0 Å². The molecule has 56 valence electrons. The van der Waals surface area contributed by atoms with Crippen LogP contribution in [0.1, 0.15) is 13.8 Å². The predicted molar refractivity (Wildman–Crippen MR) is 46.6 cm³/mol. The summed E-state index contributed by atoms with van der Waals surface area (Å²) < 4.78 is 0. The van der Waals surface area contributed by atoms with Gasteiger partial charge in [-0.2, -0.15) is 11.8 Å². The zero-order valence-electron chi connectivity index (χ0n) is 5.89. The number of hydrogen-bond acceptors (Lipinski definition) is 2. The van der Waals surface area contributed by atoms with Crippen molar-refractivity contribution >= 4 is 24.2 Å². The molecule has 1 N–H and O–H groups in total. The van der Waals surface area contributed by atoms with E-state index in [4.69, 9.17) is 0 Å². The van der Waals surface area contributed by atoms with E-state index in [-0.39, 0.29) is 12.4 Å². The van der Waals surface area contributed by atoms with Gasteiger partial charge in [-0.1, -0.05) is 13.8 Å². The summed E-state index contributed by atoms with van der Waals surface area (Å²) in [4.78, 5) is 0. The second kappa shape index (κ2) is 4.42. The Labute approximate surface area is 67.4 Å². The summed E-state index contributed by atoms with van der Waals surface area (Å²) in [6, 6.07) is 0. The van der Waals surface area contributed by atoms with Gasteiger partial charge >= 0.3 is 0 Å². The molecule has 0 atom stereocenters. The quantitative estimate of drug-likeness (QED) is 0.670. The van der Waals surface area contributed by atoms with Crippen molar-refractivity contribution in [2.75, 3.05) is 13.1 Å². The van der Waals surface area contributed by atoms with Crippen molar-refractivity contribution in [2.24, 2.45) is 0 Å². The lowest BCUT2D eigenvalue weighted by Gasteiger charge is -2.27. The minimum atomic E-state index is 0. The summed E-state index contributed by atoms with van der Waals surface area (Å²) in [5.74, 6) is 0. The molecular weight excluding hydrogens is 154 g/mol. The Morgan fingerprint density at radius 3 is 2.11 bits per heavy atom. The molecule has 0 aliphatic carbocycles. The average molecular weight is 168 g/mol. The van der Waals surface area contributed by atoms with Crippen molar-refractivity contribution in [3.8, 4) is 0 Å². The lowest BCUT2D eigenvalue weighted by Crippen LogP contribution is -2.45. The van der Waals surface area contributed by atoms with Crippen LogP contribution in [0.15, 0.2) is 0 Å². The van der Waals surface area contributed by atoms with Gasteiger partial charge in [0.1, 0.15) is 0 Å². The van der Waals surface area contributed by atoms with Crippen LogP contribution in [0.25, 0.3) is 0 Å². The van der Waals surface area contributed by atoms with Crippen molar-refractivity contribution in [2.45, 2.75) is 24.3 Å². The maximum absolute atomic E-state index is 3.25. The third-order valence-electron chi connectivity index (χ3n) is 1.21. The third-order valence-corrected chi connectivity index (χ3v) is 2.47. The zero-order valence-corrected chi connectivity index (χ0v) is 7.52. The molecule has 0 saturated carbocycles. The SMILES string of the molecule is CC(C)SC1CNC1.Cl. The van der Waals surface area contributed by atoms with Crippen LogP contribution < -0.4 is 5.32 Å². The Bertz CT molecular complexity index is 73.5. The van der Waals surface area contributed by atoms with E-state index in [1.54, 1.807) is 0 Å².